The number of carbonyl (C=O) groups excluding carboxylic acids is 1. The molecule has 0 aromatic carbocycles. The monoisotopic (exact) mass is 449 g/mol. The van der Waals surface area contributed by atoms with Crippen molar-refractivity contribution in [2.45, 2.75) is 64.8 Å². The lowest BCUT2D eigenvalue weighted by Crippen LogP contribution is -2.50. The number of hydrogen-bond donors (Lipinski definition) is 0. The van der Waals surface area contributed by atoms with E-state index in [1.807, 2.05) is 12.3 Å². The summed E-state index contributed by atoms with van der Waals surface area (Å²) in [5, 5.41) is 0. The first kappa shape index (κ1) is 22.5. The summed E-state index contributed by atoms with van der Waals surface area (Å²) in [6, 6.07) is 9.18. The molecule has 2 aromatic rings. The average Bonchev–Trinajstić information content (AvgIpc) is 3.22. The van der Waals surface area contributed by atoms with E-state index < -0.39 is 0 Å². The van der Waals surface area contributed by atoms with Gasteiger partial charge in [-0.2, -0.15) is 0 Å². The predicted molar refractivity (Wildman–Crippen MR) is 133 cm³/mol. The lowest BCUT2D eigenvalue weighted by molar-refractivity contribution is -0.137. The molecular formula is C27H39N5O. The van der Waals surface area contributed by atoms with E-state index in [0.29, 0.717) is 11.9 Å². The molecule has 0 atom stereocenters. The number of aryl methyl sites for hydroxylation is 2. The molecule has 6 nitrogen and oxygen atoms in total. The number of nitrogens with zero attached hydrogens (tertiary/aromatic N) is 5. The molecule has 3 fully saturated rings. The summed E-state index contributed by atoms with van der Waals surface area (Å²) in [6.07, 6.45) is 10.1. The summed E-state index contributed by atoms with van der Waals surface area (Å²) in [6.45, 7) is 10.5. The first-order valence-electron chi connectivity index (χ1n) is 13.0. The van der Waals surface area contributed by atoms with E-state index in [9.17, 15) is 4.79 Å². The van der Waals surface area contributed by atoms with Gasteiger partial charge in [-0.1, -0.05) is 6.42 Å². The third kappa shape index (κ3) is 4.68. The molecule has 5 rings (SSSR count). The molecule has 0 radical (unpaired) electrons. The van der Waals surface area contributed by atoms with Crippen molar-refractivity contribution >= 4 is 11.7 Å². The van der Waals surface area contributed by atoms with Gasteiger partial charge in [0.1, 0.15) is 0 Å². The minimum atomic E-state index is 0.162. The van der Waals surface area contributed by atoms with E-state index >= 15 is 0 Å². The summed E-state index contributed by atoms with van der Waals surface area (Å²) in [5.41, 5.74) is 3.58. The minimum absolute atomic E-state index is 0.162. The molecule has 178 valence electrons. The van der Waals surface area contributed by atoms with Gasteiger partial charge in [-0.05, 0) is 89.7 Å². The van der Waals surface area contributed by atoms with E-state index in [-0.39, 0.29) is 5.92 Å². The second-order valence-corrected chi connectivity index (χ2v) is 10.2. The molecule has 6 heteroatoms. The number of piperidine rings is 3. The zero-order chi connectivity index (χ0) is 22.8. The van der Waals surface area contributed by atoms with Gasteiger partial charge in [0.25, 0.3) is 0 Å². The fraction of sp³-hybridized carbons (Fsp3) is 0.630. The van der Waals surface area contributed by atoms with E-state index in [0.717, 1.165) is 63.4 Å². The van der Waals surface area contributed by atoms with Gasteiger partial charge in [0.05, 0.1) is 5.69 Å². The summed E-state index contributed by atoms with van der Waals surface area (Å²) in [5.74, 6) is 1.59. The van der Waals surface area contributed by atoms with Crippen LogP contribution in [0.5, 0.6) is 0 Å². The van der Waals surface area contributed by atoms with Crippen LogP contribution in [0.2, 0.25) is 0 Å². The molecule has 3 saturated heterocycles. The molecule has 5 heterocycles. The van der Waals surface area contributed by atoms with Gasteiger partial charge in [0.15, 0.2) is 5.82 Å². The van der Waals surface area contributed by atoms with Crippen molar-refractivity contribution < 1.29 is 4.79 Å². The molecular weight excluding hydrogens is 410 g/mol. The Morgan fingerprint density at radius 2 is 1.52 bits per heavy atom. The van der Waals surface area contributed by atoms with Crippen LogP contribution in [-0.4, -0.2) is 70.6 Å². The lowest BCUT2D eigenvalue weighted by Gasteiger charge is -2.42. The molecule has 2 aromatic heterocycles. The van der Waals surface area contributed by atoms with Crippen molar-refractivity contribution in [3.8, 4) is 5.69 Å². The van der Waals surface area contributed by atoms with Gasteiger partial charge >= 0.3 is 0 Å². The molecule has 0 bridgehead atoms. The highest BCUT2D eigenvalue weighted by molar-refractivity contribution is 5.79. The number of pyridine rings is 1. The molecule has 0 unspecified atom stereocenters. The van der Waals surface area contributed by atoms with E-state index in [1.54, 1.807) is 0 Å². The normalized spacial score (nSPS) is 21.5. The van der Waals surface area contributed by atoms with Crippen molar-refractivity contribution in [1.29, 1.82) is 0 Å². The smallest absolute Gasteiger partial charge is 0.225 e. The number of likely N-dealkylation sites (tertiary alicyclic amines) is 2. The Balaban J connectivity index is 1.18. The van der Waals surface area contributed by atoms with Gasteiger partial charge in [0, 0.05) is 55.7 Å². The van der Waals surface area contributed by atoms with Gasteiger partial charge in [-0.15, -0.1) is 0 Å². The van der Waals surface area contributed by atoms with Crippen LogP contribution in [0.4, 0.5) is 5.82 Å². The Morgan fingerprint density at radius 3 is 2.18 bits per heavy atom. The summed E-state index contributed by atoms with van der Waals surface area (Å²) >= 11 is 0. The standard InChI is InChI=1S/C27H39N5O/c1-21-8-9-22(2)32(21)25-7-6-14-28-26(25)30-17-10-23(11-18-30)27(33)31-19-12-24(13-20-31)29-15-4-3-5-16-29/h6-9,14,23-24H,3-5,10-13,15-20H2,1-2H3. The maximum atomic E-state index is 13.3. The highest BCUT2D eigenvalue weighted by atomic mass is 16.2. The predicted octanol–water partition coefficient (Wildman–Crippen LogP) is 4.18. The first-order chi connectivity index (χ1) is 16.1. The third-order valence-corrected chi connectivity index (χ3v) is 8.11. The molecule has 3 aliphatic rings. The van der Waals surface area contributed by atoms with Crippen LogP contribution in [0.1, 0.15) is 56.3 Å². The van der Waals surface area contributed by atoms with Crippen LogP contribution >= 0.6 is 0 Å². The largest absolute Gasteiger partial charge is 0.355 e. The average molecular weight is 450 g/mol. The van der Waals surface area contributed by atoms with E-state index in [2.05, 4.69) is 51.3 Å². The molecule has 1 amide bonds. The van der Waals surface area contributed by atoms with Crippen molar-refractivity contribution in [2.75, 3.05) is 44.2 Å². The van der Waals surface area contributed by atoms with Crippen LogP contribution in [0.25, 0.3) is 5.69 Å². The Hall–Kier alpha value is -2.34. The number of amides is 1. The molecule has 33 heavy (non-hydrogen) atoms. The first-order valence-corrected chi connectivity index (χ1v) is 13.0. The summed E-state index contributed by atoms with van der Waals surface area (Å²) < 4.78 is 2.28. The number of anilines is 1. The molecule has 0 N–H and O–H groups in total. The van der Waals surface area contributed by atoms with Gasteiger partial charge < -0.3 is 19.3 Å². The van der Waals surface area contributed by atoms with Crippen LogP contribution < -0.4 is 4.90 Å². The van der Waals surface area contributed by atoms with Crippen LogP contribution in [0.15, 0.2) is 30.5 Å². The second kappa shape index (κ2) is 9.88. The van der Waals surface area contributed by atoms with Gasteiger partial charge in [0.2, 0.25) is 5.91 Å². The Labute approximate surface area is 198 Å². The number of aromatic nitrogens is 2. The topological polar surface area (TPSA) is 44.6 Å². The second-order valence-electron chi connectivity index (χ2n) is 10.2. The maximum absolute atomic E-state index is 13.3. The van der Waals surface area contributed by atoms with Crippen molar-refractivity contribution in [2.24, 2.45) is 5.92 Å². The molecule has 3 aliphatic heterocycles. The van der Waals surface area contributed by atoms with Crippen LogP contribution in [-0.2, 0) is 4.79 Å². The fourth-order valence-corrected chi connectivity index (χ4v) is 6.19. The Morgan fingerprint density at radius 1 is 0.848 bits per heavy atom. The Kier molecular flexibility index (Phi) is 6.72. The zero-order valence-corrected chi connectivity index (χ0v) is 20.4. The van der Waals surface area contributed by atoms with Crippen LogP contribution in [0, 0.1) is 19.8 Å². The molecule has 0 spiro atoms. The summed E-state index contributed by atoms with van der Waals surface area (Å²) in [4.78, 5) is 25.3. The van der Waals surface area contributed by atoms with Crippen molar-refractivity contribution in [3.05, 3.63) is 41.9 Å². The van der Waals surface area contributed by atoms with E-state index in [4.69, 9.17) is 4.98 Å². The SMILES string of the molecule is Cc1ccc(C)n1-c1cccnc1N1CCC(C(=O)N2CCC(N3CCCCC3)CC2)CC1. The fourth-order valence-electron chi connectivity index (χ4n) is 6.19. The number of rotatable bonds is 4. The maximum Gasteiger partial charge on any atom is 0.225 e. The van der Waals surface area contributed by atoms with Gasteiger partial charge in [-0.25, -0.2) is 4.98 Å². The number of carbonyl (C=O) groups is 1. The third-order valence-electron chi connectivity index (χ3n) is 8.11. The van der Waals surface area contributed by atoms with Crippen LogP contribution in [0.3, 0.4) is 0 Å². The quantitative estimate of drug-likeness (QED) is 0.702. The minimum Gasteiger partial charge on any atom is -0.355 e. The Bertz CT molecular complexity index is 928. The van der Waals surface area contributed by atoms with Crippen molar-refractivity contribution in [1.82, 2.24) is 19.4 Å². The molecule has 0 aliphatic carbocycles. The highest BCUT2D eigenvalue weighted by Gasteiger charge is 2.33. The summed E-state index contributed by atoms with van der Waals surface area (Å²) in [7, 11) is 0. The zero-order valence-electron chi connectivity index (χ0n) is 20.4. The lowest BCUT2D eigenvalue weighted by atomic mass is 9.93. The van der Waals surface area contributed by atoms with Crippen molar-refractivity contribution in [3.63, 3.8) is 0 Å². The molecule has 0 saturated carbocycles. The number of hydrogen-bond acceptors (Lipinski definition) is 4. The van der Waals surface area contributed by atoms with Gasteiger partial charge in [-0.3, -0.25) is 4.79 Å². The highest BCUT2D eigenvalue weighted by Crippen LogP contribution is 2.30. The van der Waals surface area contributed by atoms with E-state index in [1.165, 1.54) is 43.7 Å².